The predicted molar refractivity (Wildman–Crippen MR) is 52.1 cm³/mol. The van der Waals surface area contributed by atoms with E-state index in [0.29, 0.717) is 6.42 Å². The Hall–Kier alpha value is -1.13. The van der Waals surface area contributed by atoms with Gasteiger partial charge in [-0.1, -0.05) is 17.7 Å². The third-order valence-electron chi connectivity index (χ3n) is 1.79. The Kier molecular flexibility index (Phi) is 3.85. The van der Waals surface area contributed by atoms with Crippen molar-refractivity contribution < 1.29 is 9.18 Å². The Morgan fingerprint density at radius 1 is 1.57 bits per heavy atom. The normalized spacial score (nSPS) is 9.93. The van der Waals surface area contributed by atoms with Gasteiger partial charge in [-0.25, -0.2) is 10.2 Å². The Balaban J connectivity index is 2.60. The maximum atomic E-state index is 12.7. The fourth-order valence-corrected chi connectivity index (χ4v) is 1.23. The first-order chi connectivity index (χ1) is 6.63. The second-order valence-corrected chi connectivity index (χ2v) is 3.22. The van der Waals surface area contributed by atoms with Crippen LogP contribution in [0.25, 0.3) is 0 Å². The fourth-order valence-electron chi connectivity index (χ4n) is 1.03. The molecule has 0 aliphatic rings. The highest BCUT2D eigenvalue weighted by atomic mass is 35.5. The van der Waals surface area contributed by atoms with E-state index in [0.717, 1.165) is 5.56 Å². The summed E-state index contributed by atoms with van der Waals surface area (Å²) in [7, 11) is 0. The number of halogens is 2. The summed E-state index contributed by atoms with van der Waals surface area (Å²) < 4.78 is 12.7. The van der Waals surface area contributed by atoms with Crippen LogP contribution in [0.15, 0.2) is 18.2 Å². The van der Waals surface area contributed by atoms with Crippen LogP contribution < -0.4 is 11.3 Å². The molecule has 1 rings (SSSR count). The molecule has 0 saturated carbocycles. The van der Waals surface area contributed by atoms with Crippen LogP contribution in [0, 0.1) is 5.82 Å². The molecule has 0 aliphatic heterocycles. The molecule has 0 aliphatic carbocycles. The summed E-state index contributed by atoms with van der Waals surface area (Å²) in [5.41, 5.74) is 2.82. The molecule has 0 aromatic heterocycles. The number of nitrogens with one attached hydrogen (secondary N) is 1. The quantitative estimate of drug-likeness (QED) is 0.456. The monoisotopic (exact) mass is 216 g/mol. The zero-order chi connectivity index (χ0) is 10.6. The van der Waals surface area contributed by atoms with E-state index < -0.39 is 5.82 Å². The molecule has 0 unspecified atom stereocenters. The van der Waals surface area contributed by atoms with Gasteiger partial charge < -0.3 is 0 Å². The smallest absolute Gasteiger partial charge is 0.234 e. The van der Waals surface area contributed by atoms with Crippen molar-refractivity contribution in [1.29, 1.82) is 0 Å². The Labute approximate surface area is 86.0 Å². The van der Waals surface area contributed by atoms with E-state index in [4.69, 9.17) is 17.4 Å². The van der Waals surface area contributed by atoms with E-state index in [1.54, 1.807) is 6.07 Å². The Morgan fingerprint density at radius 2 is 2.29 bits per heavy atom. The first kappa shape index (κ1) is 10.9. The molecule has 76 valence electrons. The van der Waals surface area contributed by atoms with Crippen LogP contribution >= 0.6 is 11.6 Å². The molecule has 0 fully saturated rings. The molecule has 3 N–H and O–H groups in total. The van der Waals surface area contributed by atoms with E-state index >= 15 is 0 Å². The van der Waals surface area contributed by atoms with Crippen LogP contribution in [0.4, 0.5) is 4.39 Å². The van der Waals surface area contributed by atoms with Crippen LogP contribution in [0.1, 0.15) is 12.0 Å². The van der Waals surface area contributed by atoms with Crippen molar-refractivity contribution in [1.82, 2.24) is 5.43 Å². The average molecular weight is 217 g/mol. The number of aryl methyl sites for hydroxylation is 1. The number of hydrogen-bond acceptors (Lipinski definition) is 2. The van der Waals surface area contributed by atoms with Crippen molar-refractivity contribution in [2.24, 2.45) is 5.84 Å². The largest absolute Gasteiger partial charge is 0.294 e. The highest BCUT2D eigenvalue weighted by molar-refractivity contribution is 6.30. The summed E-state index contributed by atoms with van der Waals surface area (Å²) >= 11 is 5.56. The van der Waals surface area contributed by atoms with Gasteiger partial charge in [-0.15, -0.1) is 0 Å². The molecule has 5 heteroatoms. The number of hydrazine groups is 1. The van der Waals surface area contributed by atoms with E-state index in [-0.39, 0.29) is 17.4 Å². The molecular weight excluding hydrogens is 207 g/mol. The van der Waals surface area contributed by atoms with Gasteiger partial charge >= 0.3 is 0 Å². The average Bonchev–Trinajstić information content (AvgIpc) is 2.19. The SMILES string of the molecule is NNC(=O)CCc1ccc(F)c(Cl)c1. The van der Waals surface area contributed by atoms with Gasteiger partial charge in [0.25, 0.3) is 0 Å². The number of carbonyl (C=O) groups is 1. The van der Waals surface area contributed by atoms with Crippen molar-refractivity contribution >= 4 is 17.5 Å². The molecule has 1 aromatic rings. The van der Waals surface area contributed by atoms with Gasteiger partial charge in [0.1, 0.15) is 5.82 Å². The van der Waals surface area contributed by atoms with Crippen LogP contribution in [-0.2, 0) is 11.2 Å². The minimum Gasteiger partial charge on any atom is -0.294 e. The molecular formula is C9H10ClFN2O. The number of hydrogen-bond donors (Lipinski definition) is 2. The molecule has 0 atom stereocenters. The lowest BCUT2D eigenvalue weighted by molar-refractivity contribution is -0.121. The Morgan fingerprint density at radius 3 is 2.86 bits per heavy atom. The second-order valence-electron chi connectivity index (χ2n) is 2.82. The third kappa shape index (κ3) is 2.97. The van der Waals surface area contributed by atoms with Crippen LogP contribution in [-0.4, -0.2) is 5.91 Å². The standard InChI is InChI=1S/C9H10ClFN2O/c10-7-5-6(1-3-8(7)11)2-4-9(14)13-12/h1,3,5H,2,4,12H2,(H,13,14). The molecule has 14 heavy (non-hydrogen) atoms. The maximum Gasteiger partial charge on any atom is 0.234 e. The molecule has 0 saturated heterocycles. The molecule has 0 bridgehead atoms. The van der Waals surface area contributed by atoms with Crippen molar-refractivity contribution in [3.63, 3.8) is 0 Å². The summed E-state index contributed by atoms with van der Waals surface area (Å²) in [5, 5.41) is 0.0654. The molecule has 0 radical (unpaired) electrons. The zero-order valence-electron chi connectivity index (χ0n) is 7.39. The molecule has 1 aromatic carbocycles. The zero-order valence-corrected chi connectivity index (χ0v) is 8.14. The first-order valence-corrected chi connectivity index (χ1v) is 4.44. The number of amides is 1. The Bertz CT molecular complexity index is 344. The van der Waals surface area contributed by atoms with Crippen LogP contribution in [0.3, 0.4) is 0 Å². The van der Waals surface area contributed by atoms with Crippen LogP contribution in [0.2, 0.25) is 5.02 Å². The minimum absolute atomic E-state index is 0.0654. The second kappa shape index (κ2) is 4.93. The molecule has 0 heterocycles. The lowest BCUT2D eigenvalue weighted by Gasteiger charge is -2.01. The van der Waals surface area contributed by atoms with Crippen molar-refractivity contribution in [3.8, 4) is 0 Å². The number of rotatable bonds is 3. The highest BCUT2D eigenvalue weighted by Crippen LogP contribution is 2.16. The van der Waals surface area contributed by atoms with Crippen molar-refractivity contribution in [2.45, 2.75) is 12.8 Å². The minimum atomic E-state index is -0.460. The number of benzene rings is 1. The van der Waals surface area contributed by atoms with Crippen LogP contribution in [0.5, 0.6) is 0 Å². The van der Waals surface area contributed by atoms with Gasteiger partial charge in [-0.2, -0.15) is 0 Å². The van der Waals surface area contributed by atoms with E-state index in [9.17, 15) is 9.18 Å². The summed E-state index contributed by atoms with van der Waals surface area (Å²) in [5.74, 6) is 4.19. The van der Waals surface area contributed by atoms with Gasteiger partial charge in [0.15, 0.2) is 0 Å². The fraction of sp³-hybridized carbons (Fsp3) is 0.222. The highest BCUT2D eigenvalue weighted by Gasteiger charge is 2.03. The summed E-state index contributed by atoms with van der Waals surface area (Å²) in [6, 6.07) is 4.36. The van der Waals surface area contributed by atoms with Gasteiger partial charge in [0.05, 0.1) is 5.02 Å². The third-order valence-corrected chi connectivity index (χ3v) is 2.08. The summed E-state index contributed by atoms with van der Waals surface area (Å²) in [6.07, 6.45) is 0.751. The summed E-state index contributed by atoms with van der Waals surface area (Å²) in [6.45, 7) is 0. The van der Waals surface area contributed by atoms with Gasteiger partial charge in [-0.3, -0.25) is 10.2 Å². The first-order valence-electron chi connectivity index (χ1n) is 4.07. The lowest BCUT2D eigenvalue weighted by atomic mass is 10.1. The number of carbonyl (C=O) groups excluding carboxylic acids is 1. The lowest BCUT2D eigenvalue weighted by Crippen LogP contribution is -2.30. The molecule has 1 amide bonds. The topological polar surface area (TPSA) is 55.1 Å². The van der Waals surface area contributed by atoms with Crippen molar-refractivity contribution in [3.05, 3.63) is 34.6 Å². The number of nitrogens with two attached hydrogens (primary N) is 1. The van der Waals surface area contributed by atoms with Gasteiger partial charge in [-0.05, 0) is 24.1 Å². The predicted octanol–water partition coefficient (Wildman–Crippen LogP) is 1.40. The van der Waals surface area contributed by atoms with Gasteiger partial charge in [0.2, 0.25) is 5.91 Å². The summed E-state index contributed by atoms with van der Waals surface area (Å²) in [4.78, 5) is 10.8. The van der Waals surface area contributed by atoms with Gasteiger partial charge in [0, 0.05) is 6.42 Å². The molecule has 0 spiro atoms. The van der Waals surface area contributed by atoms with E-state index in [1.165, 1.54) is 12.1 Å². The van der Waals surface area contributed by atoms with E-state index in [1.807, 2.05) is 5.43 Å². The molecule has 3 nitrogen and oxygen atoms in total. The van der Waals surface area contributed by atoms with E-state index in [2.05, 4.69) is 0 Å². The maximum absolute atomic E-state index is 12.7. The van der Waals surface area contributed by atoms with Crippen molar-refractivity contribution in [2.75, 3.05) is 0 Å².